The first-order chi connectivity index (χ1) is 10.6. The molecule has 1 saturated heterocycles. The fourth-order valence-corrected chi connectivity index (χ4v) is 2.78. The molecular weight excluding hydrogens is 286 g/mol. The van der Waals surface area contributed by atoms with Crippen molar-refractivity contribution in [2.45, 2.75) is 51.8 Å². The zero-order valence-corrected chi connectivity index (χ0v) is 13.0. The summed E-state index contributed by atoms with van der Waals surface area (Å²) in [6.45, 7) is 5.11. The molecule has 0 aliphatic carbocycles. The van der Waals surface area contributed by atoms with E-state index in [1.807, 2.05) is 24.6 Å². The second-order valence-corrected chi connectivity index (χ2v) is 5.45. The SMILES string of the molecule is CCCC(NC(=O)[C@@H]1CCO[C@H]1c1nccn1CC)C(=O)O. The minimum absolute atomic E-state index is 0.269. The Morgan fingerprint density at radius 1 is 1.55 bits per heavy atom. The van der Waals surface area contributed by atoms with Crippen LogP contribution >= 0.6 is 0 Å². The number of aryl methyl sites for hydroxylation is 1. The van der Waals surface area contributed by atoms with Crippen LogP contribution in [0.15, 0.2) is 12.4 Å². The predicted octanol–water partition coefficient (Wildman–Crippen LogP) is 1.35. The van der Waals surface area contributed by atoms with E-state index in [9.17, 15) is 9.59 Å². The third-order valence-corrected chi connectivity index (χ3v) is 3.96. The van der Waals surface area contributed by atoms with Gasteiger partial charge in [0.25, 0.3) is 0 Å². The monoisotopic (exact) mass is 309 g/mol. The largest absolute Gasteiger partial charge is 0.480 e. The summed E-state index contributed by atoms with van der Waals surface area (Å²) in [4.78, 5) is 27.9. The molecule has 0 spiro atoms. The maximum atomic E-state index is 12.4. The van der Waals surface area contributed by atoms with Gasteiger partial charge >= 0.3 is 5.97 Å². The van der Waals surface area contributed by atoms with Crippen LogP contribution in [0.25, 0.3) is 0 Å². The number of hydrogen-bond donors (Lipinski definition) is 2. The van der Waals surface area contributed by atoms with E-state index < -0.39 is 24.0 Å². The number of nitrogens with zero attached hydrogens (tertiary/aromatic N) is 2. The molecule has 1 aliphatic rings. The highest BCUT2D eigenvalue weighted by Gasteiger charge is 2.38. The van der Waals surface area contributed by atoms with Gasteiger partial charge in [-0.3, -0.25) is 4.79 Å². The van der Waals surface area contributed by atoms with Crippen molar-refractivity contribution in [2.75, 3.05) is 6.61 Å². The lowest BCUT2D eigenvalue weighted by atomic mass is 9.99. The van der Waals surface area contributed by atoms with Crippen molar-refractivity contribution in [3.8, 4) is 0 Å². The molecule has 1 amide bonds. The Hall–Kier alpha value is -1.89. The Labute approximate surface area is 129 Å². The van der Waals surface area contributed by atoms with E-state index in [0.29, 0.717) is 25.9 Å². The van der Waals surface area contributed by atoms with Crippen LogP contribution in [0.4, 0.5) is 0 Å². The third kappa shape index (κ3) is 3.47. The topological polar surface area (TPSA) is 93.5 Å². The van der Waals surface area contributed by atoms with Crippen LogP contribution in [-0.2, 0) is 20.9 Å². The average molecular weight is 309 g/mol. The number of carbonyl (C=O) groups is 2. The molecule has 122 valence electrons. The lowest BCUT2D eigenvalue weighted by Crippen LogP contribution is -2.44. The number of hydrogen-bond acceptors (Lipinski definition) is 4. The first kappa shape index (κ1) is 16.5. The van der Waals surface area contributed by atoms with Gasteiger partial charge < -0.3 is 19.7 Å². The minimum Gasteiger partial charge on any atom is -0.480 e. The number of rotatable bonds is 7. The zero-order chi connectivity index (χ0) is 16.1. The molecule has 7 nitrogen and oxygen atoms in total. The summed E-state index contributed by atoms with van der Waals surface area (Å²) < 4.78 is 7.63. The Balaban J connectivity index is 2.09. The first-order valence-corrected chi connectivity index (χ1v) is 7.74. The molecule has 0 radical (unpaired) electrons. The molecule has 2 rings (SSSR count). The molecular formula is C15H23N3O4. The smallest absolute Gasteiger partial charge is 0.326 e. The molecule has 0 aromatic carbocycles. The lowest BCUT2D eigenvalue weighted by molar-refractivity contribution is -0.143. The average Bonchev–Trinajstić information content (AvgIpc) is 3.14. The highest BCUT2D eigenvalue weighted by molar-refractivity contribution is 5.85. The molecule has 1 fully saturated rings. The second kappa shape index (κ2) is 7.40. The van der Waals surface area contributed by atoms with E-state index >= 15 is 0 Å². The normalized spacial score (nSPS) is 22.5. The predicted molar refractivity (Wildman–Crippen MR) is 79.2 cm³/mol. The Bertz CT molecular complexity index is 529. The van der Waals surface area contributed by atoms with Crippen molar-refractivity contribution in [3.63, 3.8) is 0 Å². The number of amides is 1. The van der Waals surface area contributed by atoms with Crippen LogP contribution in [0.5, 0.6) is 0 Å². The van der Waals surface area contributed by atoms with Crippen molar-refractivity contribution in [3.05, 3.63) is 18.2 Å². The minimum atomic E-state index is -0.999. The van der Waals surface area contributed by atoms with Crippen molar-refractivity contribution in [1.29, 1.82) is 0 Å². The van der Waals surface area contributed by atoms with Gasteiger partial charge in [0.1, 0.15) is 18.0 Å². The van der Waals surface area contributed by atoms with Gasteiger partial charge in [-0.15, -0.1) is 0 Å². The van der Waals surface area contributed by atoms with Gasteiger partial charge in [0.05, 0.1) is 5.92 Å². The Morgan fingerprint density at radius 3 is 2.95 bits per heavy atom. The molecule has 0 saturated carbocycles. The van der Waals surface area contributed by atoms with Crippen LogP contribution < -0.4 is 5.32 Å². The van der Waals surface area contributed by atoms with Gasteiger partial charge in [-0.2, -0.15) is 0 Å². The zero-order valence-electron chi connectivity index (χ0n) is 13.0. The van der Waals surface area contributed by atoms with E-state index in [0.717, 1.165) is 12.4 Å². The molecule has 1 aliphatic heterocycles. The summed E-state index contributed by atoms with van der Waals surface area (Å²) in [6.07, 6.45) is 4.82. The van der Waals surface area contributed by atoms with Crippen molar-refractivity contribution in [2.24, 2.45) is 5.92 Å². The summed E-state index contributed by atoms with van der Waals surface area (Å²) in [7, 11) is 0. The quantitative estimate of drug-likeness (QED) is 0.793. The van der Waals surface area contributed by atoms with E-state index in [1.54, 1.807) is 6.20 Å². The molecule has 2 N–H and O–H groups in total. The molecule has 22 heavy (non-hydrogen) atoms. The number of aliphatic carboxylic acids is 1. The number of ether oxygens (including phenoxy) is 1. The summed E-state index contributed by atoms with van der Waals surface area (Å²) in [6, 6.07) is -0.843. The Kier molecular flexibility index (Phi) is 5.54. The van der Waals surface area contributed by atoms with Gasteiger partial charge in [-0.25, -0.2) is 9.78 Å². The number of carboxylic acid groups (broad SMARTS) is 1. The van der Waals surface area contributed by atoms with Crippen molar-refractivity contribution in [1.82, 2.24) is 14.9 Å². The van der Waals surface area contributed by atoms with Crippen LogP contribution in [0, 0.1) is 5.92 Å². The standard InChI is InChI=1S/C15H23N3O4/c1-3-5-11(15(20)21)17-14(19)10-6-9-22-12(10)13-16-7-8-18(13)4-2/h7-8,10-12H,3-6,9H2,1-2H3,(H,17,19)(H,20,21)/t10-,11?,12-/m1/s1. The molecule has 3 atom stereocenters. The van der Waals surface area contributed by atoms with Crippen LogP contribution in [0.1, 0.15) is 45.0 Å². The second-order valence-electron chi connectivity index (χ2n) is 5.45. The van der Waals surface area contributed by atoms with Gasteiger partial charge in [-0.05, 0) is 19.8 Å². The fraction of sp³-hybridized carbons (Fsp3) is 0.667. The third-order valence-electron chi connectivity index (χ3n) is 3.96. The number of nitrogens with one attached hydrogen (secondary N) is 1. The molecule has 1 aromatic rings. The van der Waals surface area contributed by atoms with E-state index in [2.05, 4.69) is 10.3 Å². The van der Waals surface area contributed by atoms with Gasteiger partial charge in [0.2, 0.25) is 5.91 Å². The van der Waals surface area contributed by atoms with Crippen LogP contribution in [0.3, 0.4) is 0 Å². The van der Waals surface area contributed by atoms with Gasteiger partial charge in [0.15, 0.2) is 0 Å². The van der Waals surface area contributed by atoms with Gasteiger partial charge in [-0.1, -0.05) is 13.3 Å². The van der Waals surface area contributed by atoms with E-state index in [4.69, 9.17) is 9.84 Å². The summed E-state index contributed by atoms with van der Waals surface area (Å²) in [5.41, 5.74) is 0. The highest BCUT2D eigenvalue weighted by Crippen LogP contribution is 2.34. The van der Waals surface area contributed by atoms with E-state index in [-0.39, 0.29) is 5.91 Å². The van der Waals surface area contributed by atoms with Crippen molar-refractivity contribution < 1.29 is 19.4 Å². The molecule has 1 unspecified atom stereocenters. The summed E-state index contributed by atoms with van der Waals surface area (Å²) >= 11 is 0. The lowest BCUT2D eigenvalue weighted by Gasteiger charge is -2.21. The van der Waals surface area contributed by atoms with E-state index in [1.165, 1.54) is 0 Å². The highest BCUT2D eigenvalue weighted by atomic mass is 16.5. The molecule has 0 bridgehead atoms. The number of imidazole rings is 1. The maximum absolute atomic E-state index is 12.4. The van der Waals surface area contributed by atoms with Crippen LogP contribution in [0.2, 0.25) is 0 Å². The number of aromatic nitrogens is 2. The fourth-order valence-electron chi connectivity index (χ4n) is 2.78. The maximum Gasteiger partial charge on any atom is 0.326 e. The molecule has 2 heterocycles. The van der Waals surface area contributed by atoms with Gasteiger partial charge in [0, 0.05) is 25.5 Å². The first-order valence-electron chi connectivity index (χ1n) is 7.74. The number of carbonyl (C=O) groups excluding carboxylic acids is 1. The Morgan fingerprint density at radius 2 is 2.32 bits per heavy atom. The van der Waals surface area contributed by atoms with Crippen LogP contribution in [-0.4, -0.2) is 39.2 Å². The van der Waals surface area contributed by atoms with Crippen molar-refractivity contribution >= 4 is 11.9 Å². The summed E-state index contributed by atoms with van der Waals surface area (Å²) in [5.74, 6) is -0.941. The molecule has 7 heteroatoms. The molecule has 1 aromatic heterocycles. The summed E-state index contributed by atoms with van der Waals surface area (Å²) in [5, 5.41) is 11.8. The number of carboxylic acids is 1.